The average Bonchev–Trinajstić information content (AvgIpc) is 3.20. The van der Waals surface area contributed by atoms with Crippen molar-refractivity contribution in [3.05, 3.63) is 22.7 Å². The van der Waals surface area contributed by atoms with E-state index < -0.39 is 16.9 Å². The summed E-state index contributed by atoms with van der Waals surface area (Å²) < 4.78 is 0. The maximum Gasteiger partial charge on any atom is 0.319 e. The summed E-state index contributed by atoms with van der Waals surface area (Å²) in [5.74, 6) is -0.668. The van der Waals surface area contributed by atoms with Gasteiger partial charge in [-0.1, -0.05) is 32.4 Å². The number of carbonyl (C=O) groups is 2. The molecule has 144 valence electrons. The van der Waals surface area contributed by atoms with Crippen LogP contribution in [0.1, 0.15) is 59.4 Å². The van der Waals surface area contributed by atoms with Gasteiger partial charge >= 0.3 is 6.03 Å². The van der Waals surface area contributed by atoms with E-state index in [9.17, 15) is 14.7 Å². The van der Waals surface area contributed by atoms with Gasteiger partial charge in [0.25, 0.3) is 0 Å². The second kappa shape index (κ2) is 6.65. The van der Waals surface area contributed by atoms with Crippen LogP contribution in [0.3, 0.4) is 0 Å². The molecule has 0 heterocycles. The van der Waals surface area contributed by atoms with Crippen molar-refractivity contribution in [2.75, 3.05) is 5.32 Å². The van der Waals surface area contributed by atoms with Crippen LogP contribution in [0.25, 0.3) is 0 Å². The van der Waals surface area contributed by atoms with E-state index in [1.165, 1.54) is 6.07 Å². The number of amides is 3. The lowest BCUT2D eigenvalue weighted by molar-refractivity contribution is -0.120. The molecule has 0 atom stereocenters. The van der Waals surface area contributed by atoms with Crippen LogP contribution in [0.4, 0.5) is 10.5 Å². The maximum absolute atomic E-state index is 12.4. The molecule has 26 heavy (non-hydrogen) atoms. The van der Waals surface area contributed by atoms with E-state index in [4.69, 9.17) is 17.3 Å². The third-order valence-corrected chi connectivity index (χ3v) is 4.77. The van der Waals surface area contributed by atoms with Crippen molar-refractivity contribution in [2.24, 2.45) is 11.1 Å². The van der Waals surface area contributed by atoms with Gasteiger partial charge in [0.2, 0.25) is 5.91 Å². The quantitative estimate of drug-likeness (QED) is 0.581. The molecule has 3 amide bonds. The molecule has 1 aliphatic rings. The minimum atomic E-state index is -0.895. The van der Waals surface area contributed by atoms with Gasteiger partial charge in [-0.25, -0.2) is 4.79 Å². The van der Waals surface area contributed by atoms with Crippen molar-refractivity contribution in [3.8, 4) is 5.75 Å². The molecule has 0 unspecified atom stereocenters. The van der Waals surface area contributed by atoms with Crippen LogP contribution in [0.2, 0.25) is 5.02 Å². The second-order valence-electron chi connectivity index (χ2n) is 9.00. The second-order valence-corrected chi connectivity index (χ2v) is 9.41. The van der Waals surface area contributed by atoms with Gasteiger partial charge in [0.1, 0.15) is 5.75 Å². The number of primary amides is 1. The fraction of sp³-hybridized carbons (Fsp3) is 0.579. The predicted octanol–water partition coefficient (Wildman–Crippen LogP) is 3.90. The Kier molecular flexibility index (Phi) is 5.21. The monoisotopic (exact) mass is 381 g/mol. The van der Waals surface area contributed by atoms with Gasteiger partial charge in [-0.2, -0.15) is 0 Å². The first kappa shape index (κ1) is 20.4. The summed E-state index contributed by atoms with van der Waals surface area (Å²) in [6, 6.07) is 2.64. The predicted molar refractivity (Wildman–Crippen MR) is 104 cm³/mol. The summed E-state index contributed by atoms with van der Waals surface area (Å²) in [4.78, 5) is 24.2. The lowest BCUT2D eigenvalue weighted by Gasteiger charge is -2.33. The normalized spacial score (nSPS) is 16.1. The van der Waals surface area contributed by atoms with E-state index in [0.29, 0.717) is 24.1 Å². The number of aromatic hydroxyl groups is 1. The summed E-state index contributed by atoms with van der Waals surface area (Å²) in [5.41, 5.74) is 5.01. The first-order valence-electron chi connectivity index (χ1n) is 8.68. The molecule has 0 spiro atoms. The average molecular weight is 382 g/mol. The number of nitrogens with one attached hydrogen (secondary N) is 2. The molecule has 0 saturated heterocycles. The molecule has 1 aliphatic carbocycles. The molecule has 0 bridgehead atoms. The zero-order valence-electron chi connectivity index (χ0n) is 16.0. The van der Waals surface area contributed by atoms with E-state index in [2.05, 4.69) is 31.4 Å². The fourth-order valence-corrected chi connectivity index (χ4v) is 3.87. The first-order valence-corrected chi connectivity index (χ1v) is 9.06. The highest BCUT2D eigenvalue weighted by Crippen LogP contribution is 2.53. The smallest absolute Gasteiger partial charge is 0.319 e. The molecule has 1 fully saturated rings. The number of rotatable bonds is 5. The molecular weight excluding hydrogens is 354 g/mol. The third kappa shape index (κ3) is 4.61. The Morgan fingerprint density at radius 3 is 2.27 bits per heavy atom. The molecule has 2 rings (SSSR count). The molecule has 1 aromatic carbocycles. The topological polar surface area (TPSA) is 104 Å². The Bertz CT molecular complexity index is 734. The Hall–Kier alpha value is -1.95. The number of anilines is 1. The van der Waals surface area contributed by atoms with Gasteiger partial charge < -0.3 is 21.5 Å². The van der Waals surface area contributed by atoms with Gasteiger partial charge in [-0.05, 0) is 50.7 Å². The number of halogens is 1. The Labute approximate surface area is 159 Å². The van der Waals surface area contributed by atoms with Crippen LogP contribution in [0, 0.1) is 5.41 Å². The minimum absolute atomic E-state index is 0.0611. The summed E-state index contributed by atoms with van der Waals surface area (Å²) >= 11 is 6.09. The van der Waals surface area contributed by atoms with Crippen molar-refractivity contribution in [3.63, 3.8) is 0 Å². The Morgan fingerprint density at radius 2 is 1.81 bits per heavy atom. The molecule has 7 heteroatoms. The maximum atomic E-state index is 12.4. The Morgan fingerprint density at radius 1 is 1.23 bits per heavy atom. The molecule has 1 saturated carbocycles. The van der Waals surface area contributed by atoms with Crippen LogP contribution in [0.15, 0.2) is 12.1 Å². The van der Waals surface area contributed by atoms with Crippen LogP contribution in [-0.4, -0.2) is 22.6 Å². The standard InChI is InChI=1S/C19H28ClN3O3/c1-17(2,3)10-18(4,5)23-16(26)22-11-8-12(14(24)13(20)9-11)19(6-7-19)15(21)25/h8-9,24H,6-7,10H2,1-5H3,(H2,21,25)(H2,22,23,26). The lowest BCUT2D eigenvalue weighted by Crippen LogP contribution is -2.47. The zero-order chi connectivity index (χ0) is 19.9. The molecular formula is C19H28ClN3O3. The van der Waals surface area contributed by atoms with Crippen molar-refractivity contribution < 1.29 is 14.7 Å². The summed E-state index contributed by atoms with van der Waals surface area (Å²) in [6.07, 6.45) is 1.90. The van der Waals surface area contributed by atoms with Crippen LogP contribution >= 0.6 is 11.6 Å². The van der Waals surface area contributed by atoms with E-state index in [-0.39, 0.29) is 22.2 Å². The summed E-state index contributed by atoms with van der Waals surface area (Å²) in [5, 5.41) is 16.0. The van der Waals surface area contributed by atoms with Crippen LogP contribution in [-0.2, 0) is 10.2 Å². The number of carbonyl (C=O) groups excluding carboxylic acids is 2. The highest BCUT2D eigenvalue weighted by Gasteiger charge is 2.52. The zero-order valence-corrected chi connectivity index (χ0v) is 16.8. The summed E-state index contributed by atoms with van der Waals surface area (Å²) in [6.45, 7) is 10.2. The number of benzene rings is 1. The Balaban J connectivity index is 2.19. The highest BCUT2D eigenvalue weighted by molar-refractivity contribution is 6.32. The highest BCUT2D eigenvalue weighted by atomic mass is 35.5. The van der Waals surface area contributed by atoms with Gasteiger partial charge in [-0.3, -0.25) is 4.79 Å². The van der Waals surface area contributed by atoms with Gasteiger partial charge in [0.15, 0.2) is 0 Å². The number of hydrogen-bond acceptors (Lipinski definition) is 3. The third-order valence-electron chi connectivity index (χ3n) is 4.48. The van der Waals surface area contributed by atoms with Crippen molar-refractivity contribution >= 4 is 29.2 Å². The molecule has 1 aromatic rings. The number of urea groups is 1. The van der Waals surface area contributed by atoms with E-state index >= 15 is 0 Å². The molecule has 6 nitrogen and oxygen atoms in total. The molecule has 0 radical (unpaired) electrons. The minimum Gasteiger partial charge on any atom is -0.506 e. The van der Waals surface area contributed by atoms with Crippen LogP contribution < -0.4 is 16.4 Å². The van der Waals surface area contributed by atoms with Gasteiger partial charge in [-0.15, -0.1) is 0 Å². The van der Waals surface area contributed by atoms with Gasteiger partial charge in [0.05, 0.1) is 10.4 Å². The van der Waals surface area contributed by atoms with Crippen molar-refractivity contribution in [1.82, 2.24) is 5.32 Å². The SMILES string of the molecule is CC(C)(C)CC(C)(C)NC(=O)Nc1cc(Cl)c(O)c(C2(C(N)=O)CC2)c1. The summed E-state index contributed by atoms with van der Waals surface area (Å²) in [7, 11) is 0. The lowest BCUT2D eigenvalue weighted by atomic mass is 9.82. The number of hydrogen-bond donors (Lipinski definition) is 4. The molecule has 0 aromatic heterocycles. The van der Waals surface area contributed by atoms with E-state index in [0.717, 1.165) is 6.42 Å². The molecule has 5 N–H and O–H groups in total. The van der Waals surface area contributed by atoms with Crippen molar-refractivity contribution in [1.29, 1.82) is 0 Å². The van der Waals surface area contributed by atoms with E-state index in [1.807, 2.05) is 13.8 Å². The van der Waals surface area contributed by atoms with Gasteiger partial charge in [0, 0.05) is 16.8 Å². The number of nitrogens with two attached hydrogens (primary N) is 1. The van der Waals surface area contributed by atoms with Crippen LogP contribution in [0.5, 0.6) is 5.75 Å². The largest absolute Gasteiger partial charge is 0.506 e. The number of phenols is 1. The fourth-order valence-electron chi connectivity index (χ4n) is 3.65. The first-order chi connectivity index (χ1) is 11.8. The molecule has 0 aliphatic heterocycles. The van der Waals surface area contributed by atoms with E-state index in [1.54, 1.807) is 6.07 Å². The van der Waals surface area contributed by atoms with Crippen molar-refractivity contribution in [2.45, 2.75) is 64.8 Å². The number of phenolic OH excluding ortho intramolecular Hbond substituents is 1.